The minimum atomic E-state index is 0.358. The fraction of sp³-hybridized carbons (Fsp3) is 0. The number of halogens is 1. The van der Waals surface area contributed by atoms with E-state index < -0.39 is 0 Å². The summed E-state index contributed by atoms with van der Waals surface area (Å²) in [5, 5.41) is 4.35. The van der Waals surface area contributed by atoms with Crippen molar-refractivity contribution in [1.29, 1.82) is 0 Å². The topological polar surface area (TPSA) is 90.7 Å². The van der Waals surface area contributed by atoms with E-state index in [1.807, 2.05) is 0 Å². The minimum absolute atomic E-state index is 0.358. The summed E-state index contributed by atoms with van der Waals surface area (Å²) in [6, 6.07) is 6.82. The highest BCUT2D eigenvalue weighted by molar-refractivity contribution is 6.33. The van der Waals surface area contributed by atoms with Crippen LogP contribution in [0.1, 0.15) is 0 Å². The number of rotatable bonds is 2. The van der Waals surface area contributed by atoms with E-state index in [1.54, 1.807) is 30.5 Å². The predicted octanol–water partition coefficient (Wildman–Crippen LogP) is 2.43. The molecule has 3 rings (SSSR count). The number of nitrogens with zero attached hydrogens (tertiary/aromatic N) is 4. The van der Waals surface area contributed by atoms with Gasteiger partial charge in [0.05, 0.1) is 10.7 Å². The molecule has 0 unspecified atom stereocenters. The maximum Gasteiger partial charge on any atom is 0.258 e. The molecule has 0 aliphatic heterocycles. The first-order valence-electron chi connectivity index (χ1n) is 5.39. The average Bonchev–Trinajstić information content (AvgIpc) is 2.93. The second-order valence-corrected chi connectivity index (χ2v) is 4.16. The maximum absolute atomic E-state index is 5.86. The molecule has 0 spiro atoms. The Kier molecular flexibility index (Phi) is 2.85. The summed E-state index contributed by atoms with van der Waals surface area (Å²) >= 11 is 5.86. The third kappa shape index (κ3) is 2.25. The first kappa shape index (κ1) is 11.6. The summed E-state index contributed by atoms with van der Waals surface area (Å²) in [4.78, 5) is 12.1. The number of aromatic nitrogens is 4. The zero-order valence-corrected chi connectivity index (χ0v) is 10.4. The van der Waals surface area contributed by atoms with Crippen LogP contribution < -0.4 is 5.73 Å². The molecule has 0 saturated carbocycles. The molecular weight excluding hydrogens is 266 g/mol. The van der Waals surface area contributed by atoms with Gasteiger partial charge in [0.1, 0.15) is 12.0 Å². The highest BCUT2D eigenvalue weighted by Gasteiger charge is 2.12. The van der Waals surface area contributed by atoms with Crippen molar-refractivity contribution in [3.63, 3.8) is 0 Å². The van der Waals surface area contributed by atoms with Gasteiger partial charge in [-0.2, -0.15) is 4.98 Å². The van der Waals surface area contributed by atoms with Crippen LogP contribution in [0.3, 0.4) is 0 Å². The van der Waals surface area contributed by atoms with Crippen LogP contribution in [-0.4, -0.2) is 20.1 Å². The van der Waals surface area contributed by atoms with E-state index in [2.05, 4.69) is 20.1 Å². The third-order valence-corrected chi connectivity index (χ3v) is 2.82. The Morgan fingerprint density at radius 2 is 2.11 bits per heavy atom. The minimum Gasteiger partial charge on any atom is -0.398 e. The second-order valence-electron chi connectivity index (χ2n) is 3.75. The van der Waals surface area contributed by atoms with Crippen molar-refractivity contribution >= 4 is 17.3 Å². The molecule has 0 saturated heterocycles. The van der Waals surface area contributed by atoms with E-state index in [4.69, 9.17) is 21.9 Å². The van der Waals surface area contributed by atoms with Gasteiger partial charge in [-0.1, -0.05) is 16.8 Å². The van der Waals surface area contributed by atoms with Crippen LogP contribution in [0.5, 0.6) is 0 Å². The molecule has 0 bridgehead atoms. The van der Waals surface area contributed by atoms with Crippen molar-refractivity contribution < 1.29 is 4.52 Å². The fourth-order valence-corrected chi connectivity index (χ4v) is 1.66. The SMILES string of the molecule is Nc1cc(-c2nc(-c3ccncn3)no2)ccc1Cl. The van der Waals surface area contributed by atoms with E-state index in [0.717, 1.165) is 0 Å². The standard InChI is InChI=1S/C12H8ClN5O/c13-8-2-1-7(5-9(8)14)12-17-11(18-19-12)10-3-4-15-6-16-10/h1-6H,14H2. The molecule has 94 valence electrons. The van der Waals surface area contributed by atoms with Crippen molar-refractivity contribution in [2.75, 3.05) is 5.73 Å². The van der Waals surface area contributed by atoms with Gasteiger partial charge in [0.15, 0.2) is 0 Å². The highest BCUT2D eigenvalue weighted by atomic mass is 35.5. The molecule has 0 radical (unpaired) electrons. The zero-order valence-electron chi connectivity index (χ0n) is 9.62. The van der Waals surface area contributed by atoms with Crippen LogP contribution in [0.25, 0.3) is 23.0 Å². The summed E-state index contributed by atoms with van der Waals surface area (Å²) < 4.78 is 5.18. The van der Waals surface area contributed by atoms with Gasteiger partial charge in [-0.3, -0.25) is 0 Å². The Labute approximate surface area is 113 Å². The Balaban J connectivity index is 1.99. The fourth-order valence-electron chi connectivity index (χ4n) is 1.54. The van der Waals surface area contributed by atoms with Gasteiger partial charge in [-0.15, -0.1) is 0 Å². The summed E-state index contributed by atoms with van der Waals surface area (Å²) in [7, 11) is 0. The first-order valence-corrected chi connectivity index (χ1v) is 5.77. The summed E-state index contributed by atoms with van der Waals surface area (Å²) in [6.07, 6.45) is 3.03. The smallest absolute Gasteiger partial charge is 0.258 e. The second kappa shape index (κ2) is 4.66. The molecule has 0 fully saturated rings. The number of hydrogen-bond donors (Lipinski definition) is 1. The lowest BCUT2D eigenvalue weighted by Crippen LogP contribution is -1.88. The van der Waals surface area contributed by atoms with Gasteiger partial charge in [0.2, 0.25) is 5.82 Å². The van der Waals surface area contributed by atoms with E-state index in [1.165, 1.54) is 6.33 Å². The zero-order chi connectivity index (χ0) is 13.2. The molecule has 1 aromatic carbocycles. The molecule has 7 heteroatoms. The molecule has 0 atom stereocenters. The van der Waals surface area contributed by atoms with Crippen LogP contribution in [0, 0.1) is 0 Å². The third-order valence-electron chi connectivity index (χ3n) is 2.48. The number of hydrogen-bond acceptors (Lipinski definition) is 6. The quantitative estimate of drug-likeness (QED) is 0.721. The van der Waals surface area contributed by atoms with Crippen LogP contribution in [0.15, 0.2) is 41.3 Å². The van der Waals surface area contributed by atoms with Gasteiger partial charge < -0.3 is 10.3 Å². The van der Waals surface area contributed by atoms with Gasteiger partial charge >= 0.3 is 0 Å². The van der Waals surface area contributed by atoms with Gasteiger partial charge in [-0.05, 0) is 24.3 Å². The monoisotopic (exact) mass is 273 g/mol. The molecule has 0 aliphatic carbocycles. The van der Waals surface area contributed by atoms with Crippen molar-refractivity contribution in [2.24, 2.45) is 0 Å². The van der Waals surface area contributed by atoms with Gasteiger partial charge in [-0.25, -0.2) is 9.97 Å². The van der Waals surface area contributed by atoms with E-state index >= 15 is 0 Å². The lowest BCUT2D eigenvalue weighted by molar-refractivity contribution is 0.432. The van der Waals surface area contributed by atoms with E-state index in [-0.39, 0.29) is 0 Å². The summed E-state index contributed by atoms with van der Waals surface area (Å²) in [5.74, 6) is 0.753. The lowest BCUT2D eigenvalue weighted by atomic mass is 10.2. The van der Waals surface area contributed by atoms with Crippen molar-refractivity contribution in [2.45, 2.75) is 0 Å². The lowest BCUT2D eigenvalue weighted by Gasteiger charge is -1.98. The van der Waals surface area contributed by atoms with Crippen molar-refractivity contribution in [1.82, 2.24) is 20.1 Å². The number of anilines is 1. The molecule has 2 heterocycles. The number of nitrogen functional groups attached to an aromatic ring is 1. The summed E-state index contributed by atoms with van der Waals surface area (Å²) in [5.41, 5.74) is 7.49. The van der Waals surface area contributed by atoms with Crippen LogP contribution >= 0.6 is 11.6 Å². The molecule has 3 aromatic rings. The first-order chi connectivity index (χ1) is 9.24. The molecule has 0 aliphatic rings. The molecule has 2 aromatic heterocycles. The average molecular weight is 274 g/mol. The molecule has 2 N–H and O–H groups in total. The van der Waals surface area contributed by atoms with E-state index in [9.17, 15) is 0 Å². The Morgan fingerprint density at radius 1 is 1.21 bits per heavy atom. The Bertz CT molecular complexity index is 713. The van der Waals surface area contributed by atoms with Crippen LogP contribution in [0.4, 0.5) is 5.69 Å². The molecule has 0 amide bonds. The van der Waals surface area contributed by atoms with Gasteiger partial charge in [0, 0.05) is 11.8 Å². The normalized spacial score (nSPS) is 10.6. The molecule has 19 heavy (non-hydrogen) atoms. The van der Waals surface area contributed by atoms with E-state index in [0.29, 0.717) is 33.7 Å². The number of benzene rings is 1. The maximum atomic E-state index is 5.86. The number of nitrogens with two attached hydrogens (primary N) is 1. The van der Waals surface area contributed by atoms with Crippen molar-refractivity contribution in [3.05, 3.63) is 41.8 Å². The Morgan fingerprint density at radius 3 is 2.84 bits per heavy atom. The Hall–Kier alpha value is -2.47. The van der Waals surface area contributed by atoms with Crippen molar-refractivity contribution in [3.8, 4) is 23.0 Å². The highest BCUT2D eigenvalue weighted by Crippen LogP contribution is 2.26. The van der Waals surface area contributed by atoms with Gasteiger partial charge in [0.25, 0.3) is 5.89 Å². The molecular formula is C12H8ClN5O. The van der Waals surface area contributed by atoms with Crippen LogP contribution in [0.2, 0.25) is 5.02 Å². The largest absolute Gasteiger partial charge is 0.398 e. The summed E-state index contributed by atoms with van der Waals surface area (Å²) in [6.45, 7) is 0. The molecule has 6 nitrogen and oxygen atoms in total. The van der Waals surface area contributed by atoms with Crippen LogP contribution in [-0.2, 0) is 0 Å². The predicted molar refractivity (Wildman–Crippen MR) is 70.2 cm³/mol.